The van der Waals surface area contributed by atoms with Crippen LogP contribution in [-0.4, -0.2) is 40.9 Å². The molecule has 0 amide bonds. The Labute approximate surface area is 143 Å². The third kappa shape index (κ3) is 3.99. The quantitative estimate of drug-likeness (QED) is 0.589. The number of sulfonamides is 1. The van der Waals surface area contributed by atoms with Crippen molar-refractivity contribution in [1.29, 1.82) is 0 Å². The average molecular weight is 369 g/mol. The number of carbonyl (C=O) groups excluding carboxylic acids is 2. The van der Waals surface area contributed by atoms with Crippen LogP contribution in [0.15, 0.2) is 40.6 Å². The van der Waals surface area contributed by atoms with Gasteiger partial charge in [-0.3, -0.25) is 4.79 Å². The number of hydrogen-bond acceptors (Lipinski definition) is 7. The van der Waals surface area contributed by atoms with E-state index in [9.17, 15) is 18.0 Å². The number of thiophene rings is 1. The SMILES string of the molecule is CNS(=O)(=O)c1cc(C(=O)OCC(=O)c2cccs2)ccc1OC. The van der Waals surface area contributed by atoms with Crippen LogP contribution in [0.5, 0.6) is 5.75 Å². The summed E-state index contributed by atoms with van der Waals surface area (Å²) < 4.78 is 36.1. The molecule has 0 fully saturated rings. The molecule has 7 nitrogen and oxygen atoms in total. The first-order chi connectivity index (χ1) is 11.4. The zero-order valence-electron chi connectivity index (χ0n) is 12.9. The van der Waals surface area contributed by atoms with Gasteiger partial charge >= 0.3 is 5.97 Å². The van der Waals surface area contributed by atoms with E-state index in [0.717, 1.165) is 6.07 Å². The highest BCUT2D eigenvalue weighted by Gasteiger charge is 2.21. The van der Waals surface area contributed by atoms with Crippen LogP contribution in [0, 0.1) is 0 Å². The first-order valence-electron chi connectivity index (χ1n) is 6.74. The van der Waals surface area contributed by atoms with E-state index >= 15 is 0 Å². The minimum absolute atomic E-state index is 0.00334. The maximum Gasteiger partial charge on any atom is 0.338 e. The molecular formula is C15H15NO6S2. The molecule has 0 spiro atoms. The molecule has 2 rings (SSSR count). The molecule has 0 bridgehead atoms. The number of ether oxygens (including phenoxy) is 2. The second-order valence-electron chi connectivity index (χ2n) is 4.55. The summed E-state index contributed by atoms with van der Waals surface area (Å²) in [6.45, 7) is -0.417. The predicted octanol–water partition coefficient (Wildman–Crippen LogP) is 1.70. The molecule has 0 radical (unpaired) electrons. The number of Topliss-reactive ketones (excluding diaryl/α,β-unsaturated/α-hetero) is 1. The molecule has 0 aliphatic carbocycles. The number of methoxy groups -OCH3 is 1. The second-order valence-corrected chi connectivity index (χ2v) is 7.35. The smallest absolute Gasteiger partial charge is 0.338 e. The van der Waals surface area contributed by atoms with Crippen LogP contribution in [0.25, 0.3) is 0 Å². The molecule has 24 heavy (non-hydrogen) atoms. The molecule has 0 atom stereocenters. The average Bonchev–Trinajstić information content (AvgIpc) is 3.13. The zero-order valence-corrected chi connectivity index (χ0v) is 14.6. The van der Waals surface area contributed by atoms with Crippen LogP contribution in [0.1, 0.15) is 20.0 Å². The highest BCUT2D eigenvalue weighted by molar-refractivity contribution is 7.89. The summed E-state index contributed by atoms with van der Waals surface area (Å²) in [5, 5.41) is 1.74. The van der Waals surface area contributed by atoms with Crippen molar-refractivity contribution >= 4 is 33.1 Å². The molecule has 1 N–H and O–H groups in total. The monoisotopic (exact) mass is 369 g/mol. The highest BCUT2D eigenvalue weighted by atomic mass is 32.2. The van der Waals surface area contributed by atoms with Gasteiger partial charge in [-0.2, -0.15) is 0 Å². The number of carbonyl (C=O) groups is 2. The fraction of sp³-hybridized carbons (Fsp3) is 0.200. The lowest BCUT2D eigenvalue weighted by Gasteiger charge is -2.10. The van der Waals surface area contributed by atoms with E-state index < -0.39 is 22.6 Å². The van der Waals surface area contributed by atoms with E-state index in [2.05, 4.69) is 4.72 Å². The molecule has 0 saturated carbocycles. The standard InChI is InChI=1S/C15H15NO6S2/c1-16-24(19,20)14-8-10(5-6-12(14)21-2)15(18)22-9-11(17)13-4-3-7-23-13/h3-8,16H,9H2,1-2H3. The molecule has 1 aromatic carbocycles. The van der Waals surface area contributed by atoms with Gasteiger partial charge in [-0.05, 0) is 36.7 Å². The fourth-order valence-electron chi connectivity index (χ4n) is 1.85. The van der Waals surface area contributed by atoms with Gasteiger partial charge in [0.2, 0.25) is 15.8 Å². The van der Waals surface area contributed by atoms with E-state index in [0.29, 0.717) is 4.88 Å². The molecule has 1 aromatic heterocycles. The Morgan fingerprint density at radius 3 is 2.58 bits per heavy atom. The molecule has 128 valence electrons. The van der Waals surface area contributed by atoms with Gasteiger partial charge in [0.15, 0.2) is 6.61 Å². The van der Waals surface area contributed by atoms with Crippen molar-refractivity contribution < 1.29 is 27.5 Å². The summed E-state index contributed by atoms with van der Waals surface area (Å²) in [6.07, 6.45) is 0. The Morgan fingerprint density at radius 1 is 1.25 bits per heavy atom. The van der Waals surface area contributed by atoms with Gasteiger partial charge in [0, 0.05) is 0 Å². The number of benzene rings is 1. The summed E-state index contributed by atoms with van der Waals surface area (Å²) in [5.41, 5.74) is 0.00334. The van der Waals surface area contributed by atoms with E-state index in [4.69, 9.17) is 9.47 Å². The van der Waals surface area contributed by atoms with Gasteiger partial charge in [-0.1, -0.05) is 6.07 Å². The Bertz CT molecular complexity index is 843. The third-order valence-corrected chi connectivity index (χ3v) is 5.43. The molecule has 1 heterocycles. The summed E-state index contributed by atoms with van der Waals surface area (Å²) >= 11 is 1.25. The number of nitrogens with one attached hydrogen (secondary N) is 1. The van der Waals surface area contributed by atoms with E-state index in [1.807, 2.05) is 0 Å². The Balaban J connectivity index is 2.18. The van der Waals surface area contributed by atoms with Crippen LogP contribution >= 0.6 is 11.3 Å². The normalized spacial score (nSPS) is 11.1. The summed E-state index contributed by atoms with van der Waals surface area (Å²) in [6, 6.07) is 7.21. The lowest BCUT2D eigenvalue weighted by atomic mass is 10.2. The Hall–Kier alpha value is -2.23. The number of esters is 1. The number of ketones is 1. The summed E-state index contributed by atoms with van der Waals surface area (Å²) in [5.74, 6) is -1.03. The minimum atomic E-state index is -3.81. The van der Waals surface area contributed by atoms with E-state index in [1.165, 1.54) is 37.6 Å². The van der Waals surface area contributed by atoms with Crippen molar-refractivity contribution in [3.05, 3.63) is 46.2 Å². The molecular weight excluding hydrogens is 354 g/mol. The minimum Gasteiger partial charge on any atom is -0.495 e. The van der Waals surface area contributed by atoms with Gasteiger partial charge in [0.1, 0.15) is 10.6 Å². The van der Waals surface area contributed by atoms with Crippen molar-refractivity contribution in [2.45, 2.75) is 4.90 Å². The lowest BCUT2D eigenvalue weighted by Crippen LogP contribution is -2.20. The highest BCUT2D eigenvalue weighted by Crippen LogP contribution is 2.25. The first-order valence-corrected chi connectivity index (χ1v) is 9.10. The maximum atomic E-state index is 12.1. The van der Waals surface area contributed by atoms with Crippen LogP contribution < -0.4 is 9.46 Å². The lowest BCUT2D eigenvalue weighted by molar-refractivity contribution is 0.0475. The van der Waals surface area contributed by atoms with Crippen LogP contribution in [-0.2, 0) is 14.8 Å². The van der Waals surface area contributed by atoms with Gasteiger partial charge in [0.25, 0.3) is 0 Å². The summed E-state index contributed by atoms with van der Waals surface area (Å²) in [7, 11) is -1.24. The molecule has 9 heteroatoms. The van der Waals surface area contributed by atoms with Crippen LogP contribution in [0.4, 0.5) is 0 Å². The van der Waals surface area contributed by atoms with Crippen molar-refractivity contribution in [2.24, 2.45) is 0 Å². The van der Waals surface area contributed by atoms with Gasteiger partial charge in [-0.25, -0.2) is 17.9 Å². The largest absolute Gasteiger partial charge is 0.495 e. The van der Waals surface area contributed by atoms with E-state index in [1.54, 1.807) is 17.5 Å². The van der Waals surface area contributed by atoms with Gasteiger partial charge in [0.05, 0.1) is 17.6 Å². The van der Waals surface area contributed by atoms with Crippen LogP contribution in [0.2, 0.25) is 0 Å². The van der Waals surface area contributed by atoms with Crippen molar-refractivity contribution in [1.82, 2.24) is 4.72 Å². The summed E-state index contributed by atoms with van der Waals surface area (Å²) in [4.78, 5) is 24.2. The Kier molecular flexibility index (Phi) is 5.71. The first kappa shape index (κ1) is 18.1. The Morgan fingerprint density at radius 2 is 2.00 bits per heavy atom. The van der Waals surface area contributed by atoms with Crippen molar-refractivity contribution in [3.63, 3.8) is 0 Å². The molecule has 0 aliphatic rings. The molecule has 2 aromatic rings. The van der Waals surface area contributed by atoms with E-state index in [-0.39, 0.29) is 22.0 Å². The van der Waals surface area contributed by atoms with Crippen LogP contribution in [0.3, 0.4) is 0 Å². The topological polar surface area (TPSA) is 98.8 Å². The van der Waals surface area contributed by atoms with Crippen molar-refractivity contribution in [2.75, 3.05) is 20.8 Å². The number of hydrogen-bond donors (Lipinski definition) is 1. The number of rotatable bonds is 7. The van der Waals surface area contributed by atoms with Gasteiger partial charge in [-0.15, -0.1) is 11.3 Å². The third-order valence-electron chi connectivity index (χ3n) is 3.09. The molecule has 0 aliphatic heterocycles. The zero-order chi connectivity index (χ0) is 17.7. The molecule has 0 unspecified atom stereocenters. The second kappa shape index (κ2) is 7.56. The van der Waals surface area contributed by atoms with Crippen molar-refractivity contribution in [3.8, 4) is 5.75 Å². The fourth-order valence-corrected chi connectivity index (χ4v) is 3.42. The van der Waals surface area contributed by atoms with Gasteiger partial charge < -0.3 is 9.47 Å². The maximum absolute atomic E-state index is 12.1. The molecule has 0 saturated heterocycles. The predicted molar refractivity (Wildman–Crippen MR) is 88.2 cm³/mol.